The van der Waals surface area contributed by atoms with Gasteiger partial charge < -0.3 is 16.0 Å². The highest BCUT2D eigenvalue weighted by molar-refractivity contribution is 5.99. The summed E-state index contributed by atoms with van der Waals surface area (Å²) in [6.07, 6.45) is 4.22. The van der Waals surface area contributed by atoms with E-state index in [-0.39, 0.29) is 22.9 Å². The van der Waals surface area contributed by atoms with E-state index in [4.69, 9.17) is 0 Å². The fourth-order valence-electron chi connectivity index (χ4n) is 4.03. The topological polar surface area (TPSA) is 135 Å². The molecule has 6 rings (SSSR count). The number of halogens is 1. The van der Waals surface area contributed by atoms with Crippen molar-refractivity contribution in [3.8, 4) is 11.1 Å². The fraction of sp³-hybridized carbons (Fsp3) is 0.154. The first kappa shape index (κ1) is 23.8. The lowest BCUT2D eigenvalue weighted by molar-refractivity contribution is -0.385. The van der Waals surface area contributed by atoms with Crippen LogP contribution in [-0.4, -0.2) is 32.3 Å². The van der Waals surface area contributed by atoms with Crippen LogP contribution in [0, 0.1) is 23.0 Å². The molecule has 2 aliphatic rings. The molecule has 0 radical (unpaired) electrons. The molecule has 0 spiro atoms. The van der Waals surface area contributed by atoms with Crippen molar-refractivity contribution < 1.29 is 14.1 Å². The summed E-state index contributed by atoms with van der Waals surface area (Å²) in [6, 6.07) is 13.5. The number of anilines is 4. The highest BCUT2D eigenvalue weighted by Crippen LogP contribution is 2.30. The van der Waals surface area contributed by atoms with Crippen molar-refractivity contribution in [1.82, 2.24) is 20.3 Å². The normalized spacial score (nSPS) is 13.2. The van der Waals surface area contributed by atoms with Gasteiger partial charge in [0.2, 0.25) is 11.9 Å². The van der Waals surface area contributed by atoms with E-state index in [2.05, 4.69) is 30.9 Å². The molecule has 1 amide bonds. The maximum Gasteiger partial charge on any atom is 0.282 e. The van der Waals surface area contributed by atoms with E-state index in [0.717, 1.165) is 16.8 Å². The second kappa shape index (κ2) is 9.97. The first-order valence-corrected chi connectivity index (χ1v) is 11.6. The van der Waals surface area contributed by atoms with E-state index in [1.165, 1.54) is 24.4 Å². The standard InChI is InChI=1S/C26H22FN7O3/c1-15-13-30-26-32-21-11-18(14-29-23(21)27)17-7-8-20(22(12-17)34(36)37)25(35)28-9-3-5-16-4-2-6-19(10-16)31-24(15)33-26/h2,4,6-8,10-14H,3,5,9H2,1H3,(H,28,35)(H2,30,31,32,33). The van der Waals surface area contributed by atoms with E-state index >= 15 is 0 Å². The molecule has 0 unspecified atom stereocenters. The van der Waals surface area contributed by atoms with Crippen LogP contribution in [0.3, 0.4) is 0 Å². The van der Waals surface area contributed by atoms with Crippen molar-refractivity contribution in [2.75, 3.05) is 17.2 Å². The quantitative estimate of drug-likeness (QED) is 0.188. The van der Waals surface area contributed by atoms with E-state index < -0.39 is 16.8 Å². The summed E-state index contributed by atoms with van der Waals surface area (Å²) >= 11 is 0. The van der Waals surface area contributed by atoms with Crippen LogP contribution in [-0.2, 0) is 6.42 Å². The summed E-state index contributed by atoms with van der Waals surface area (Å²) in [5, 5.41) is 20.7. The Labute approximate surface area is 211 Å². The van der Waals surface area contributed by atoms with Crippen molar-refractivity contribution in [2.24, 2.45) is 0 Å². The van der Waals surface area contributed by atoms with Crippen LogP contribution in [0.2, 0.25) is 0 Å². The van der Waals surface area contributed by atoms with Gasteiger partial charge in [-0.05, 0) is 55.2 Å². The van der Waals surface area contributed by atoms with Gasteiger partial charge in [0.1, 0.15) is 11.4 Å². The van der Waals surface area contributed by atoms with Crippen LogP contribution in [0.4, 0.5) is 33.2 Å². The summed E-state index contributed by atoms with van der Waals surface area (Å²) in [5.74, 6) is -0.627. The number of amides is 1. The van der Waals surface area contributed by atoms with Gasteiger partial charge in [0.05, 0.1) is 10.6 Å². The lowest BCUT2D eigenvalue weighted by Gasteiger charge is -2.13. The molecule has 2 aromatic carbocycles. The number of nitro benzene ring substituents is 1. The summed E-state index contributed by atoms with van der Waals surface area (Å²) in [4.78, 5) is 36.4. The molecule has 0 atom stereocenters. The number of aromatic nitrogens is 3. The Morgan fingerprint density at radius 3 is 2.73 bits per heavy atom. The van der Waals surface area contributed by atoms with Gasteiger partial charge >= 0.3 is 0 Å². The largest absolute Gasteiger partial charge is 0.352 e. The Morgan fingerprint density at radius 2 is 1.89 bits per heavy atom. The van der Waals surface area contributed by atoms with Crippen molar-refractivity contribution in [1.29, 1.82) is 0 Å². The Hall–Kier alpha value is -4.93. The second-order valence-corrected chi connectivity index (χ2v) is 8.59. The van der Waals surface area contributed by atoms with Crippen molar-refractivity contribution in [3.05, 3.63) is 93.7 Å². The summed E-state index contributed by atoms with van der Waals surface area (Å²) in [5.41, 5.74) is 3.05. The Balaban J connectivity index is 1.60. The number of hydrogen-bond acceptors (Lipinski definition) is 8. The Bertz CT molecular complexity index is 1530. The number of rotatable bonds is 1. The Morgan fingerprint density at radius 1 is 1.03 bits per heavy atom. The first-order valence-electron chi connectivity index (χ1n) is 11.6. The van der Waals surface area contributed by atoms with Crippen LogP contribution in [0.1, 0.15) is 27.9 Å². The van der Waals surface area contributed by atoms with Gasteiger partial charge in [0.15, 0.2) is 0 Å². The third-order valence-corrected chi connectivity index (χ3v) is 5.95. The van der Waals surface area contributed by atoms with Crippen LogP contribution in [0.15, 0.2) is 60.9 Å². The average Bonchev–Trinajstić information content (AvgIpc) is 2.89. The van der Waals surface area contributed by atoms with Gasteiger partial charge in [0, 0.05) is 41.8 Å². The smallest absolute Gasteiger partial charge is 0.282 e. The zero-order valence-electron chi connectivity index (χ0n) is 19.8. The van der Waals surface area contributed by atoms with Gasteiger partial charge in [-0.3, -0.25) is 14.9 Å². The first-order chi connectivity index (χ1) is 17.9. The summed E-state index contributed by atoms with van der Waals surface area (Å²) in [7, 11) is 0. The molecular formula is C26H22FN7O3. The number of benzene rings is 2. The van der Waals surface area contributed by atoms with Crippen LogP contribution in [0.5, 0.6) is 0 Å². The molecule has 0 saturated carbocycles. The fourth-order valence-corrected chi connectivity index (χ4v) is 4.03. The molecule has 0 fully saturated rings. The third kappa shape index (κ3) is 5.20. The molecule has 3 N–H and O–H groups in total. The molecule has 37 heavy (non-hydrogen) atoms. The maximum absolute atomic E-state index is 14.6. The predicted molar refractivity (Wildman–Crippen MR) is 137 cm³/mol. The molecule has 10 nitrogen and oxygen atoms in total. The Kier molecular flexibility index (Phi) is 6.42. The number of carbonyl (C=O) groups excluding carboxylic acids is 1. The molecule has 4 aromatic rings. The third-order valence-electron chi connectivity index (χ3n) is 5.95. The van der Waals surface area contributed by atoms with Crippen LogP contribution >= 0.6 is 0 Å². The van der Waals surface area contributed by atoms with Crippen molar-refractivity contribution in [3.63, 3.8) is 0 Å². The number of pyridine rings is 1. The van der Waals surface area contributed by atoms with Gasteiger partial charge in [-0.2, -0.15) is 9.37 Å². The van der Waals surface area contributed by atoms with Gasteiger partial charge in [-0.25, -0.2) is 9.97 Å². The number of hydrogen-bond donors (Lipinski definition) is 3. The monoisotopic (exact) mass is 499 g/mol. The second-order valence-electron chi connectivity index (χ2n) is 8.59. The molecule has 0 aliphatic carbocycles. The number of carbonyl (C=O) groups is 1. The summed E-state index contributed by atoms with van der Waals surface area (Å²) in [6.45, 7) is 2.21. The van der Waals surface area contributed by atoms with Crippen molar-refractivity contribution in [2.45, 2.75) is 19.8 Å². The molecule has 186 valence electrons. The predicted octanol–water partition coefficient (Wildman–Crippen LogP) is 5.06. The van der Waals surface area contributed by atoms with Crippen LogP contribution in [0.25, 0.3) is 11.1 Å². The minimum atomic E-state index is -0.789. The number of nitro groups is 1. The molecule has 2 aliphatic heterocycles. The molecular weight excluding hydrogens is 477 g/mol. The number of nitrogens with one attached hydrogen (secondary N) is 3. The average molecular weight is 500 g/mol. The minimum Gasteiger partial charge on any atom is -0.352 e. The minimum absolute atomic E-state index is 0.00632. The zero-order valence-corrected chi connectivity index (χ0v) is 19.8. The van der Waals surface area contributed by atoms with E-state index in [0.29, 0.717) is 36.3 Å². The van der Waals surface area contributed by atoms with E-state index in [1.54, 1.807) is 12.3 Å². The van der Waals surface area contributed by atoms with Crippen molar-refractivity contribution >= 4 is 34.7 Å². The number of nitrogens with zero attached hydrogens (tertiary/aromatic N) is 4. The number of aryl methyl sites for hydroxylation is 2. The lowest BCUT2D eigenvalue weighted by atomic mass is 10.0. The highest BCUT2D eigenvalue weighted by atomic mass is 19.1. The van der Waals surface area contributed by atoms with E-state index in [1.807, 2.05) is 31.2 Å². The van der Waals surface area contributed by atoms with E-state index in [9.17, 15) is 19.3 Å². The molecule has 4 heterocycles. The van der Waals surface area contributed by atoms with Crippen LogP contribution < -0.4 is 16.0 Å². The highest BCUT2D eigenvalue weighted by Gasteiger charge is 2.21. The zero-order chi connectivity index (χ0) is 25.9. The van der Waals surface area contributed by atoms with Gasteiger partial charge in [0.25, 0.3) is 11.6 Å². The molecule has 2 aromatic heterocycles. The molecule has 8 bridgehead atoms. The maximum atomic E-state index is 14.6. The molecule has 11 heteroatoms. The SMILES string of the molecule is Cc1cnc2nc1Nc1cccc(c1)CCCNC(=O)c1ccc(cc1[N+](=O)[O-])-c1cnc(F)c(c1)N2. The van der Waals surface area contributed by atoms with Gasteiger partial charge in [-0.1, -0.05) is 18.2 Å². The summed E-state index contributed by atoms with van der Waals surface area (Å²) < 4.78 is 14.6. The van der Waals surface area contributed by atoms with Gasteiger partial charge in [-0.15, -0.1) is 0 Å². The number of fused-ring (bicyclic) bond motifs is 6. The lowest BCUT2D eigenvalue weighted by Crippen LogP contribution is -2.25. The molecule has 0 saturated heterocycles.